The Hall–Kier alpha value is -1.09. The Morgan fingerprint density at radius 1 is 1.24 bits per heavy atom. The van der Waals surface area contributed by atoms with Gasteiger partial charge in [0.05, 0.1) is 5.69 Å². The van der Waals surface area contributed by atoms with E-state index in [0.29, 0.717) is 18.3 Å². The first-order valence-electron chi connectivity index (χ1n) is 6.45. The summed E-state index contributed by atoms with van der Waals surface area (Å²) in [6.07, 6.45) is 2.94. The molecule has 3 heteroatoms. The van der Waals surface area contributed by atoms with Gasteiger partial charge in [0, 0.05) is 12.6 Å². The molecule has 2 N–H and O–H groups in total. The van der Waals surface area contributed by atoms with E-state index in [1.165, 1.54) is 6.07 Å². The van der Waals surface area contributed by atoms with Gasteiger partial charge in [-0.25, -0.2) is 4.39 Å². The molecule has 0 aliphatic carbocycles. The van der Waals surface area contributed by atoms with E-state index in [0.717, 1.165) is 25.8 Å². The fourth-order valence-corrected chi connectivity index (χ4v) is 2.18. The molecule has 2 nitrogen and oxygen atoms in total. The summed E-state index contributed by atoms with van der Waals surface area (Å²) in [5.74, 6) is -0.142. The number of benzene rings is 1. The molecular formula is C14H23FN2. The van der Waals surface area contributed by atoms with Crippen molar-refractivity contribution in [1.29, 1.82) is 0 Å². The molecule has 0 unspecified atom stereocenters. The molecular weight excluding hydrogens is 215 g/mol. The highest BCUT2D eigenvalue weighted by Crippen LogP contribution is 2.23. The second-order valence-electron chi connectivity index (χ2n) is 4.26. The number of nitrogens with two attached hydrogens (primary N) is 1. The van der Waals surface area contributed by atoms with Gasteiger partial charge in [-0.3, -0.25) is 0 Å². The van der Waals surface area contributed by atoms with Crippen molar-refractivity contribution in [1.82, 2.24) is 0 Å². The van der Waals surface area contributed by atoms with E-state index in [1.807, 2.05) is 12.1 Å². The van der Waals surface area contributed by atoms with Crippen LogP contribution in [0.5, 0.6) is 0 Å². The average Bonchev–Trinajstić information content (AvgIpc) is 2.36. The van der Waals surface area contributed by atoms with Crippen LogP contribution in [0.1, 0.15) is 33.1 Å². The van der Waals surface area contributed by atoms with Crippen LogP contribution in [0.15, 0.2) is 24.3 Å². The second-order valence-corrected chi connectivity index (χ2v) is 4.26. The van der Waals surface area contributed by atoms with E-state index in [-0.39, 0.29) is 5.82 Å². The fraction of sp³-hybridized carbons (Fsp3) is 0.571. The summed E-state index contributed by atoms with van der Waals surface area (Å²) in [6.45, 7) is 5.75. The molecule has 0 aliphatic heterocycles. The Bertz CT molecular complexity index is 324. The van der Waals surface area contributed by atoms with Gasteiger partial charge in [0.1, 0.15) is 5.82 Å². The topological polar surface area (TPSA) is 29.3 Å². The Morgan fingerprint density at radius 2 is 1.88 bits per heavy atom. The van der Waals surface area contributed by atoms with E-state index >= 15 is 0 Å². The van der Waals surface area contributed by atoms with Crippen LogP contribution in [0.4, 0.5) is 10.1 Å². The first-order chi connectivity index (χ1) is 8.24. The maximum Gasteiger partial charge on any atom is 0.146 e. The quantitative estimate of drug-likeness (QED) is 0.790. The van der Waals surface area contributed by atoms with Gasteiger partial charge < -0.3 is 10.6 Å². The van der Waals surface area contributed by atoms with Crippen LogP contribution in [-0.2, 0) is 0 Å². The van der Waals surface area contributed by atoms with Crippen molar-refractivity contribution in [3.05, 3.63) is 30.1 Å². The van der Waals surface area contributed by atoms with Gasteiger partial charge in [-0.2, -0.15) is 0 Å². The van der Waals surface area contributed by atoms with Gasteiger partial charge >= 0.3 is 0 Å². The molecule has 1 rings (SSSR count). The number of nitrogens with zero attached hydrogens (tertiary/aromatic N) is 1. The second kappa shape index (κ2) is 7.28. The van der Waals surface area contributed by atoms with Gasteiger partial charge in [0.25, 0.3) is 0 Å². The van der Waals surface area contributed by atoms with Crippen LogP contribution in [0.2, 0.25) is 0 Å². The smallest absolute Gasteiger partial charge is 0.146 e. The van der Waals surface area contributed by atoms with Gasteiger partial charge in [0.15, 0.2) is 0 Å². The van der Waals surface area contributed by atoms with Crippen molar-refractivity contribution >= 4 is 5.69 Å². The Morgan fingerprint density at radius 3 is 2.41 bits per heavy atom. The predicted molar refractivity (Wildman–Crippen MR) is 71.8 cm³/mol. The lowest BCUT2D eigenvalue weighted by molar-refractivity contribution is 0.531. The SMILES string of the molecule is CCC(CC)N(CCCN)c1ccccc1F. The third kappa shape index (κ3) is 3.70. The third-order valence-corrected chi connectivity index (χ3v) is 3.15. The Labute approximate surface area is 104 Å². The van der Waals surface area contributed by atoms with Gasteiger partial charge in [-0.15, -0.1) is 0 Å². The first kappa shape index (κ1) is 14.0. The molecule has 1 aromatic rings. The van der Waals surface area contributed by atoms with Crippen molar-refractivity contribution in [2.24, 2.45) is 5.73 Å². The van der Waals surface area contributed by atoms with Crippen LogP contribution in [0.25, 0.3) is 0 Å². The summed E-state index contributed by atoms with van der Waals surface area (Å²) in [5.41, 5.74) is 6.26. The monoisotopic (exact) mass is 238 g/mol. The largest absolute Gasteiger partial charge is 0.366 e. The number of halogens is 1. The molecule has 0 aromatic heterocycles. The molecule has 0 heterocycles. The van der Waals surface area contributed by atoms with Crippen molar-refractivity contribution in [2.45, 2.75) is 39.2 Å². The lowest BCUT2D eigenvalue weighted by Crippen LogP contribution is -2.36. The van der Waals surface area contributed by atoms with Crippen molar-refractivity contribution in [2.75, 3.05) is 18.0 Å². The van der Waals surface area contributed by atoms with Gasteiger partial charge in [-0.1, -0.05) is 26.0 Å². The summed E-state index contributed by atoms with van der Waals surface area (Å²) in [5, 5.41) is 0. The number of anilines is 1. The molecule has 1 aromatic carbocycles. The zero-order chi connectivity index (χ0) is 12.7. The van der Waals surface area contributed by atoms with Crippen LogP contribution in [-0.4, -0.2) is 19.1 Å². The van der Waals surface area contributed by atoms with E-state index in [1.54, 1.807) is 6.07 Å². The summed E-state index contributed by atoms with van der Waals surface area (Å²) >= 11 is 0. The summed E-state index contributed by atoms with van der Waals surface area (Å²) in [4.78, 5) is 2.15. The molecule has 0 amide bonds. The van der Waals surface area contributed by atoms with Crippen molar-refractivity contribution in [3.63, 3.8) is 0 Å². The molecule has 0 saturated carbocycles. The number of hydrogen-bond donors (Lipinski definition) is 1. The summed E-state index contributed by atoms with van der Waals surface area (Å²) in [6, 6.07) is 7.37. The molecule has 0 bridgehead atoms. The minimum absolute atomic E-state index is 0.142. The van der Waals surface area contributed by atoms with E-state index < -0.39 is 0 Å². The van der Waals surface area contributed by atoms with Crippen LogP contribution >= 0.6 is 0 Å². The zero-order valence-corrected chi connectivity index (χ0v) is 10.8. The molecule has 0 saturated heterocycles. The predicted octanol–water partition coefficient (Wildman–Crippen LogP) is 3.17. The highest BCUT2D eigenvalue weighted by molar-refractivity contribution is 5.48. The van der Waals surface area contributed by atoms with Gasteiger partial charge in [-0.05, 0) is 37.9 Å². The fourth-order valence-electron chi connectivity index (χ4n) is 2.18. The van der Waals surface area contributed by atoms with Crippen molar-refractivity contribution < 1.29 is 4.39 Å². The third-order valence-electron chi connectivity index (χ3n) is 3.15. The number of rotatable bonds is 7. The molecule has 96 valence electrons. The van der Waals surface area contributed by atoms with E-state index in [9.17, 15) is 4.39 Å². The summed E-state index contributed by atoms with van der Waals surface area (Å²) in [7, 11) is 0. The molecule has 0 aliphatic rings. The van der Waals surface area contributed by atoms with Gasteiger partial charge in [0.2, 0.25) is 0 Å². The Kier molecular flexibility index (Phi) is 5.98. The highest BCUT2D eigenvalue weighted by Gasteiger charge is 2.17. The highest BCUT2D eigenvalue weighted by atomic mass is 19.1. The van der Waals surface area contributed by atoms with Crippen LogP contribution < -0.4 is 10.6 Å². The Balaban J connectivity index is 2.92. The molecule has 0 atom stereocenters. The summed E-state index contributed by atoms with van der Waals surface area (Å²) < 4.78 is 13.8. The van der Waals surface area contributed by atoms with Crippen LogP contribution in [0, 0.1) is 5.82 Å². The van der Waals surface area contributed by atoms with E-state index in [4.69, 9.17) is 5.73 Å². The number of para-hydroxylation sites is 1. The molecule has 0 fully saturated rings. The maximum absolute atomic E-state index is 13.8. The van der Waals surface area contributed by atoms with E-state index in [2.05, 4.69) is 18.7 Å². The first-order valence-corrected chi connectivity index (χ1v) is 6.45. The lowest BCUT2D eigenvalue weighted by atomic mass is 10.1. The van der Waals surface area contributed by atoms with Crippen molar-refractivity contribution in [3.8, 4) is 0 Å². The molecule has 0 spiro atoms. The zero-order valence-electron chi connectivity index (χ0n) is 10.8. The van der Waals surface area contributed by atoms with Crippen LogP contribution in [0.3, 0.4) is 0 Å². The minimum Gasteiger partial charge on any atom is -0.366 e. The number of hydrogen-bond acceptors (Lipinski definition) is 2. The lowest BCUT2D eigenvalue weighted by Gasteiger charge is -2.33. The molecule has 0 radical (unpaired) electrons. The average molecular weight is 238 g/mol. The normalized spacial score (nSPS) is 10.9. The molecule has 17 heavy (non-hydrogen) atoms. The standard InChI is InChI=1S/C14H23FN2/c1-3-12(4-2)17(11-7-10-16)14-9-6-5-8-13(14)15/h5-6,8-9,12H,3-4,7,10-11,16H2,1-2H3. The maximum atomic E-state index is 13.8. The minimum atomic E-state index is -0.142.